The third-order valence-electron chi connectivity index (χ3n) is 2.97. The Kier molecular flexibility index (Phi) is 5.23. The molecule has 114 valence electrons. The second kappa shape index (κ2) is 6.69. The van der Waals surface area contributed by atoms with Crippen LogP contribution in [0.5, 0.6) is 0 Å². The number of rotatable bonds is 6. The van der Waals surface area contributed by atoms with Gasteiger partial charge in [0.1, 0.15) is 5.69 Å². The van der Waals surface area contributed by atoms with E-state index in [2.05, 4.69) is 0 Å². The van der Waals surface area contributed by atoms with Gasteiger partial charge in [-0.15, -0.1) is 0 Å². The highest BCUT2D eigenvalue weighted by Crippen LogP contribution is 2.29. The number of aromatic carboxylic acids is 1. The van der Waals surface area contributed by atoms with Gasteiger partial charge in [0.15, 0.2) is 0 Å². The number of amides is 1. The van der Waals surface area contributed by atoms with Crippen LogP contribution in [0.1, 0.15) is 17.3 Å². The minimum Gasteiger partial charge on any atom is -0.478 e. The molecule has 0 atom stereocenters. The number of hydrogen-bond donors (Lipinski definition) is 1. The summed E-state index contributed by atoms with van der Waals surface area (Å²) in [5.41, 5.74) is -0.272. The van der Waals surface area contributed by atoms with E-state index in [0.717, 1.165) is 6.07 Å². The first-order chi connectivity index (χ1) is 9.77. The number of carboxylic acids is 1. The van der Waals surface area contributed by atoms with Crippen LogP contribution in [0.4, 0.5) is 11.4 Å². The highest BCUT2D eigenvalue weighted by atomic mass is 16.6. The lowest BCUT2D eigenvalue weighted by Gasteiger charge is -2.24. The van der Waals surface area contributed by atoms with Crippen molar-refractivity contribution in [3.05, 3.63) is 33.9 Å². The molecular formula is C13H17N3O5. The van der Waals surface area contributed by atoms with Gasteiger partial charge in [0.05, 0.1) is 17.0 Å². The van der Waals surface area contributed by atoms with E-state index in [-0.39, 0.29) is 29.4 Å². The van der Waals surface area contributed by atoms with Crippen molar-refractivity contribution in [2.24, 2.45) is 0 Å². The van der Waals surface area contributed by atoms with Gasteiger partial charge in [-0.05, 0) is 19.1 Å². The van der Waals surface area contributed by atoms with Crippen LogP contribution in [-0.4, -0.2) is 54.0 Å². The molecule has 1 rings (SSSR count). The molecule has 0 unspecified atom stereocenters. The third kappa shape index (κ3) is 3.91. The van der Waals surface area contributed by atoms with E-state index in [1.807, 2.05) is 0 Å². The number of carbonyl (C=O) groups excluding carboxylic acids is 1. The summed E-state index contributed by atoms with van der Waals surface area (Å²) in [4.78, 5) is 36.1. The molecule has 0 heterocycles. The van der Waals surface area contributed by atoms with Crippen molar-refractivity contribution in [1.29, 1.82) is 0 Å². The topological polar surface area (TPSA) is 104 Å². The summed E-state index contributed by atoms with van der Waals surface area (Å²) < 4.78 is 0. The van der Waals surface area contributed by atoms with Gasteiger partial charge in [0, 0.05) is 26.7 Å². The van der Waals surface area contributed by atoms with Crippen molar-refractivity contribution in [2.75, 3.05) is 32.1 Å². The van der Waals surface area contributed by atoms with Gasteiger partial charge in [-0.2, -0.15) is 0 Å². The van der Waals surface area contributed by atoms with Crippen molar-refractivity contribution >= 4 is 23.3 Å². The maximum atomic E-state index is 11.8. The molecule has 0 aliphatic rings. The van der Waals surface area contributed by atoms with Crippen molar-refractivity contribution in [3.63, 3.8) is 0 Å². The molecule has 8 heteroatoms. The van der Waals surface area contributed by atoms with E-state index in [0.29, 0.717) is 6.54 Å². The maximum Gasteiger partial charge on any atom is 0.335 e. The number of carboxylic acid groups (broad SMARTS) is 1. The molecule has 0 spiro atoms. The lowest BCUT2D eigenvalue weighted by atomic mass is 10.1. The Morgan fingerprint density at radius 2 is 1.95 bits per heavy atom. The lowest BCUT2D eigenvalue weighted by Crippen LogP contribution is -2.36. The van der Waals surface area contributed by atoms with Crippen LogP contribution in [0.25, 0.3) is 0 Å². The molecule has 1 aromatic rings. The van der Waals surface area contributed by atoms with Gasteiger partial charge < -0.3 is 14.9 Å². The van der Waals surface area contributed by atoms with Crippen LogP contribution in [0, 0.1) is 10.1 Å². The van der Waals surface area contributed by atoms with E-state index >= 15 is 0 Å². The average Bonchev–Trinajstić information content (AvgIpc) is 2.43. The van der Waals surface area contributed by atoms with E-state index in [1.54, 1.807) is 21.0 Å². The van der Waals surface area contributed by atoms with Crippen LogP contribution in [0.3, 0.4) is 0 Å². The van der Waals surface area contributed by atoms with E-state index < -0.39 is 10.9 Å². The number of nitrogens with zero attached hydrogens (tertiary/aromatic N) is 3. The number of anilines is 1. The zero-order chi connectivity index (χ0) is 16.2. The van der Waals surface area contributed by atoms with Gasteiger partial charge in [-0.25, -0.2) is 4.79 Å². The Bertz CT molecular complexity index is 571. The van der Waals surface area contributed by atoms with Gasteiger partial charge >= 0.3 is 5.97 Å². The lowest BCUT2D eigenvalue weighted by molar-refractivity contribution is -0.384. The molecule has 8 nitrogen and oxygen atoms in total. The molecule has 1 N–H and O–H groups in total. The molecule has 0 saturated heterocycles. The van der Waals surface area contributed by atoms with Gasteiger partial charge in [0.25, 0.3) is 5.69 Å². The number of carbonyl (C=O) groups is 2. The SMILES string of the molecule is CCN(CC(=O)N(C)C)c1ccc(C(=O)O)cc1[N+](=O)[O-]. The predicted octanol–water partition coefficient (Wildman–Crippen LogP) is 1.21. The molecule has 0 radical (unpaired) electrons. The molecule has 21 heavy (non-hydrogen) atoms. The Morgan fingerprint density at radius 1 is 1.33 bits per heavy atom. The Morgan fingerprint density at radius 3 is 2.38 bits per heavy atom. The second-order valence-corrected chi connectivity index (χ2v) is 4.57. The number of benzene rings is 1. The van der Waals surface area contributed by atoms with Gasteiger partial charge in [0.2, 0.25) is 5.91 Å². The van der Waals surface area contributed by atoms with E-state index in [9.17, 15) is 19.7 Å². The number of hydrogen-bond acceptors (Lipinski definition) is 5. The monoisotopic (exact) mass is 295 g/mol. The summed E-state index contributed by atoms with van der Waals surface area (Å²) in [6, 6.07) is 3.64. The largest absolute Gasteiger partial charge is 0.478 e. The summed E-state index contributed by atoms with van der Waals surface area (Å²) in [5, 5.41) is 20.0. The zero-order valence-corrected chi connectivity index (χ0v) is 12.1. The number of nitro groups is 1. The molecule has 0 saturated carbocycles. The van der Waals surface area contributed by atoms with E-state index in [1.165, 1.54) is 21.9 Å². The second-order valence-electron chi connectivity index (χ2n) is 4.57. The zero-order valence-electron chi connectivity index (χ0n) is 12.1. The van der Waals surface area contributed by atoms with Crippen LogP contribution < -0.4 is 4.90 Å². The quantitative estimate of drug-likeness (QED) is 0.625. The summed E-state index contributed by atoms with van der Waals surface area (Å²) in [5.74, 6) is -1.44. The molecule has 0 fully saturated rings. The first kappa shape index (κ1) is 16.4. The first-order valence-electron chi connectivity index (χ1n) is 6.24. The summed E-state index contributed by atoms with van der Waals surface area (Å²) in [7, 11) is 3.19. The van der Waals surface area contributed by atoms with Crippen LogP contribution in [0.15, 0.2) is 18.2 Å². The van der Waals surface area contributed by atoms with Crippen LogP contribution in [0.2, 0.25) is 0 Å². The molecular weight excluding hydrogens is 278 g/mol. The molecule has 0 aliphatic heterocycles. The fraction of sp³-hybridized carbons (Fsp3) is 0.385. The fourth-order valence-electron chi connectivity index (χ4n) is 1.74. The normalized spacial score (nSPS) is 10.0. The smallest absolute Gasteiger partial charge is 0.335 e. The molecule has 0 bridgehead atoms. The summed E-state index contributed by atoms with van der Waals surface area (Å²) in [6.45, 7) is 2.13. The fourth-order valence-corrected chi connectivity index (χ4v) is 1.74. The van der Waals surface area contributed by atoms with Gasteiger partial charge in [-0.3, -0.25) is 14.9 Å². The number of nitro benzene ring substituents is 1. The molecule has 1 aromatic carbocycles. The minimum atomic E-state index is -1.24. The summed E-state index contributed by atoms with van der Waals surface area (Å²) in [6.07, 6.45) is 0. The van der Waals surface area contributed by atoms with Crippen LogP contribution >= 0.6 is 0 Å². The third-order valence-corrected chi connectivity index (χ3v) is 2.97. The Labute approximate surface area is 121 Å². The standard InChI is InChI=1S/C13H17N3O5/c1-4-15(8-12(17)14(2)3)10-6-5-9(13(18)19)7-11(10)16(20)21/h5-7H,4,8H2,1-3H3,(H,18,19). The van der Waals surface area contributed by atoms with E-state index in [4.69, 9.17) is 5.11 Å². The Hall–Kier alpha value is -2.64. The van der Waals surface area contributed by atoms with Crippen molar-refractivity contribution in [1.82, 2.24) is 4.90 Å². The Balaban J connectivity index is 3.22. The summed E-state index contributed by atoms with van der Waals surface area (Å²) >= 11 is 0. The first-order valence-corrected chi connectivity index (χ1v) is 6.24. The highest BCUT2D eigenvalue weighted by molar-refractivity contribution is 5.90. The number of likely N-dealkylation sites (N-methyl/N-ethyl adjacent to an activating group) is 2. The molecule has 0 aliphatic carbocycles. The molecule has 0 aromatic heterocycles. The average molecular weight is 295 g/mol. The van der Waals surface area contributed by atoms with Crippen molar-refractivity contribution in [3.8, 4) is 0 Å². The van der Waals surface area contributed by atoms with Crippen molar-refractivity contribution in [2.45, 2.75) is 6.92 Å². The minimum absolute atomic E-state index is 0.0171. The molecule has 1 amide bonds. The van der Waals surface area contributed by atoms with Gasteiger partial charge in [-0.1, -0.05) is 0 Å². The highest BCUT2D eigenvalue weighted by Gasteiger charge is 2.22. The van der Waals surface area contributed by atoms with Crippen molar-refractivity contribution < 1.29 is 19.6 Å². The predicted molar refractivity (Wildman–Crippen MR) is 76.6 cm³/mol. The maximum absolute atomic E-state index is 11.8. The van der Waals surface area contributed by atoms with Crippen LogP contribution in [-0.2, 0) is 4.79 Å².